The molecule has 1 atom stereocenters. The average Bonchev–Trinajstić information content (AvgIpc) is 2.85. The van der Waals surface area contributed by atoms with Crippen LogP contribution < -0.4 is 19.5 Å². The third-order valence-electron chi connectivity index (χ3n) is 6.41. The zero-order chi connectivity index (χ0) is 22.9. The summed E-state index contributed by atoms with van der Waals surface area (Å²) in [5, 5.41) is 3.32. The topological polar surface area (TPSA) is 60.0 Å². The molecule has 33 heavy (non-hydrogen) atoms. The van der Waals surface area contributed by atoms with E-state index >= 15 is 0 Å². The summed E-state index contributed by atoms with van der Waals surface area (Å²) in [5.41, 5.74) is 2.39. The molecule has 178 valence electrons. The van der Waals surface area contributed by atoms with Gasteiger partial charge in [-0.1, -0.05) is 24.6 Å². The van der Waals surface area contributed by atoms with Gasteiger partial charge in [-0.25, -0.2) is 0 Å². The van der Waals surface area contributed by atoms with Crippen LogP contribution in [0.1, 0.15) is 43.2 Å². The molecule has 2 heterocycles. The molecule has 0 radical (unpaired) electrons. The van der Waals surface area contributed by atoms with Gasteiger partial charge in [0, 0.05) is 19.0 Å². The van der Waals surface area contributed by atoms with E-state index in [4.69, 9.17) is 14.2 Å². The van der Waals surface area contributed by atoms with Crippen LogP contribution in [0.15, 0.2) is 42.5 Å². The van der Waals surface area contributed by atoms with Crippen LogP contribution in [0.3, 0.4) is 0 Å². The molecule has 1 fully saturated rings. The van der Waals surface area contributed by atoms with Crippen molar-refractivity contribution in [2.24, 2.45) is 0 Å². The van der Waals surface area contributed by atoms with Gasteiger partial charge in [-0.05, 0) is 80.6 Å². The number of hydrogen-bond acceptors (Lipinski definition) is 5. The van der Waals surface area contributed by atoms with Crippen molar-refractivity contribution in [1.29, 1.82) is 0 Å². The second kappa shape index (κ2) is 11.9. The van der Waals surface area contributed by atoms with Crippen LogP contribution in [0, 0.1) is 0 Å². The van der Waals surface area contributed by atoms with E-state index in [-0.39, 0.29) is 11.9 Å². The summed E-state index contributed by atoms with van der Waals surface area (Å²) in [6, 6.07) is 14.3. The van der Waals surface area contributed by atoms with Crippen molar-refractivity contribution >= 4 is 5.91 Å². The van der Waals surface area contributed by atoms with Crippen LogP contribution >= 0.6 is 0 Å². The predicted octanol–water partition coefficient (Wildman–Crippen LogP) is 4.00. The minimum absolute atomic E-state index is 0.0825. The van der Waals surface area contributed by atoms with E-state index in [1.807, 2.05) is 18.2 Å². The highest BCUT2D eigenvalue weighted by atomic mass is 16.6. The maximum atomic E-state index is 12.8. The second-order valence-corrected chi connectivity index (χ2v) is 9.01. The normalized spacial score (nSPS) is 16.8. The number of carbonyl (C=O) groups excluding carboxylic acids is 1. The van der Waals surface area contributed by atoms with Crippen LogP contribution in [-0.4, -0.2) is 56.8 Å². The van der Waals surface area contributed by atoms with Crippen molar-refractivity contribution in [3.05, 3.63) is 53.6 Å². The van der Waals surface area contributed by atoms with Crippen molar-refractivity contribution in [2.75, 3.05) is 40.0 Å². The van der Waals surface area contributed by atoms with Crippen molar-refractivity contribution in [2.45, 2.75) is 51.0 Å². The SMILES string of the molecule is COc1ccc(CCCC(=O)NC(Cc2ccc3c(c2)OCCO3)CN2CCCCC2)cc1. The minimum Gasteiger partial charge on any atom is -0.497 e. The molecule has 1 saturated heterocycles. The van der Waals surface area contributed by atoms with E-state index < -0.39 is 0 Å². The third-order valence-corrected chi connectivity index (χ3v) is 6.41. The number of ether oxygens (including phenoxy) is 3. The lowest BCUT2D eigenvalue weighted by Crippen LogP contribution is -2.46. The quantitative estimate of drug-likeness (QED) is 0.590. The zero-order valence-corrected chi connectivity index (χ0v) is 19.7. The Morgan fingerprint density at radius 3 is 2.48 bits per heavy atom. The highest BCUT2D eigenvalue weighted by Crippen LogP contribution is 2.31. The highest BCUT2D eigenvalue weighted by molar-refractivity contribution is 5.76. The van der Waals surface area contributed by atoms with Crippen LogP contribution in [0.4, 0.5) is 0 Å². The molecular weight excluding hydrogens is 416 g/mol. The Hall–Kier alpha value is -2.73. The maximum absolute atomic E-state index is 12.8. The van der Waals surface area contributed by atoms with Crippen LogP contribution in [0.25, 0.3) is 0 Å². The van der Waals surface area contributed by atoms with Gasteiger partial charge in [0.2, 0.25) is 5.91 Å². The Kier molecular flexibility index (Phi) is 8.47. The number of rotatable bonds is 10. The largest absolute Gasteiger partial charge is 0.497 e. The van der Waals surface area contributed by atoms with Gasteiger partial charge in [0.05, 0.1) is 7.11 Å². The molecule has 0 spiro atoms. The van der Waals surface area contributed by atoms with E-state index in [1.165, 1.54) is 30.4 Å². The fraction of sp³-hybridized carbons (Fsp3) is 0.519. The fourth-order valence-corrected chi connectivity index (χ4v) is 4.66. The van der Waals surface area contributed by atoms with Gasteiger partial charge in [-0.3, -0.25) is 4.79 Å². The molecule has 1 N–H and O–H groups in total. The number of nitrogens with zero attached hydrogens (tertiary/aromatic N) is 1. The molecule has 0 aromatic heterocycles. The summed E-state index contributed by atoms with van der Waals surface area (Å²) < 4.78 is 16.6. The smallest absolute Gasteiger partial charge is 0.220 e. The molecule has 6 heteroatoms. The molecule has 2 aliphatic heterocycles. The first kappa shape index (κ1) is 23.4. The van der Waals surface area contributed by atoms with Crippen LogP contribution in [-0.2, 0) is 17.6 Å². The summed E-state index contributed by atoms with van der Waals surface area (Å²) in [4.78, 5) is 15.3. The van der Waals surface area contributed by atoms with Gasteiger partial charge in [0.15, 0.2) is 11.5 Å². The molecule has 0 bridgehead atoms. The molecular formula is C27H36N2O4. The standard InChI is InChI=1S/C27H36N2O4/c1-31-24-11-8-21(9-12-24)6-5-7-27(30)28-23(20-29-14-3-2-4-15-29)18-22-10-13-25-26(19-22)33-17-16-32-25/h8-13,19,23H,2-7,14-18,20H2,1H3,(H,28,30). The Morgan fingerprint density at radius 2 is 1.73 bits per heavy atom. The summed E-state index contributed by atoms with van der Waals surface area (Å²) in [5.74, 6) is 2.60. The summed E-state index contributed by atoms with van der Waals surface area (Å²) >= 11 is 0. The van der Waals surface area contributed by atoms with Crippen LogP contribution in [0.2, 0.25) is 0 Å². The van der Waals surface area contributed by atoms with Gasteiger partial charge in [-0.15, -0.1) is 0 Å². The van der Waals surface area contributed by atoms with Gasteiger partial charge in [-0.2, -0.15) is 0 Å². The molecule has 1 unspecified atom stereocenters. The van der Waals surface area contributed by atoms with E-state index in [0.29, 0.717) is 19.6 Å². The third kappa shape index (κ3) is 7.13. The number of benzene rings is 2. The Morgan fingerprint density at radius 1 is 1.00 bits per heavy atom. The van der Waals surface area contributed by atoms with Gasteiger partial charge in [0.25, 0.3) is 0 Å². The lowest BCUT2D eigenvalue weighted by Gasteiger charge is -2.31. The molecule has 4 rings (SSSR count). The molecule has 2 aromatic rings. The number of likely N-dealkylation sites (tertiary alicyclic amines) is 1. The molecule has 6 nitrogen and oxygen atoms in total. The van der Waals surface area contributed by atoms with Crippen molar-refractivity contribution < 1.29 is 19.0 Å². The van der Waals surface area contributed by atoms with Crippen molar-refractivity contribution in [1.82, 2.24) is 10.2 Å². The first-order valence-corrected chi connectivity index (χ1v) is 12.2. The maximum Gasteiger partial charge on any atom is 0.220 e. The highest BCUT2D eigenvalue weighted by Gasteiger charge is 2.20. The number of nitrogens with one attached hydrogen (secondary N) is 1. The monoisotopic (exact) mass is 452 g/mol. The Balaban J connectivity index is 1.32. The first-order chi connectivity index (χ1) is 16.2. The first-order valence-electron chi connectivity index (χ1n) is 12.2. The number of fused-ring (bicyclic) bond motifs is 1. The predicted molar refractivity (Wildman–Crippen MR) is 129 cm³/mol. The average molecular weight is 453 g/mol. The number of aryl methyl sites for hydroxylation is 1. The molecule has 2 aliphatic rings. The molecule has 1 amide bonds. The van der Waals surface area contributed by atoms with Gasteiger partial charge in [0.1, 0.15) is 19.0 Å². The van der Waals surface area contributed by atoms with E-state index in [1.54, 1.807) is 7.11 Å². The van der Waals surface area contributed by atoms with Crippen molar-refractivity contribution in [3.8, 4) is 17.2 Å². The van der Waals surface area contributed by atoms with E-state index in [2.05, 4.69) is 34.5 Å². The Labute approximate surface area is 197 Å². The van der Waals surface area contributed by atoms with Crippen LogP contribution in [0.5, 0.6) is 17.2 Å². The summed E-state index contributed by atoms with van der Waals surface area (Å²) in [6.45, 7) is 4.30. The van der Waals surface area contributed by atoms with Gasteiger partial charge < -0.3 is 24.4 Å². The summed E-state index contributed by atoms with van der Waals surface area (Å²) in [7, 11) is 1.67. The minimum atomic E-state index is 0.0825. The molecule has 0 saturated carbocycles. The number of carbonyl (C=O) groups is 1. The zero-order valence-electron chi connectivity index (χ0n) is 19.7. The Bertz CT molecular complexity index is 893. The molecule has 2 aromatic carbocycles. The molecule has 0 aliphatic carbocycles. The summed E-state index contributed by atoms with van der Waals surface area (Å²) in [6.07, 6.45) is 6.83. The fourth-order valence-electron chi connectivity index (χ4n) is 4.66. The lowest BCUT2D eigenvalue weighted by molar-refractivity contribution is -0.122. The number of hydrogen-bond donors (Lipinski definition) is 1. The van der Waals surface area contributed by atoms with E-state index in [9.17, 15) is 4.79 Å². The lowest BCUT2D eigenvalue weighted by atomic mass is 10.0. The number of methoxy groups -OCH3 is 1. The number of piperidine rings is 1. The number of amides is 1. The van der Waals surface area contributed by atoms with Gasteiger partial charge >= 0.3 is 0 Å². The van der Waals surface area contributed by atoms with E-state index in [0.717, 1.165) is 56.1 Å². The van der Waals surface area contributed by atoms with Crippen molar-refractivity contribution in [3.63, 3.8) is 0 Å². The second-order valence-electron chi connectivity index (χ2n) is 9.01.